The van der Waals surface area contributed by atoms with E-state index in [0.717, 1.165) is 40.6 Å². The molecule has 1 aliphatic heterocycles. The lowest BCUT2D eigenvalue weighted by atomic mass is 10.0. The van der Waals surface area contributed by atoms with Gasteiger partial charge in [0.2, 0.25) is 5.95 Å². The number of benzene rings is 2. The standard InChI is InChI=1S/C21H16BrN3OS/c22-16-7-5-14(6-8-16)17-12-27-19-18(17)23-21(24-20(19)26)25-10-9-13-3-1-2-4-15(13)11-25/h1-8,12H,9-11H2,(H,23,24,26). The Morgan fingerprint density at radius 2 is 1.85 bits per heavy atom. The van der Waals surface area contributed by atoms with Crippen LogP contribution in [0.25, 0.3) is 21.3 Å². The van der Waals surface area contributed by atoms with E-state index in [1.54, 1.807) is 0 Å². The molecule has 1 aliphatic rings. The Balaban J connectivity index is 1.59. The SMILES string of the molecule is O=c1[nH]c(N2CCc3ccccc3C2)nc2c(-c3ccc(Br)cc3)csc12. The van der Waals surface area contributed by atoms with E-state index in [1.165, 1.54) is 22.5 Å². The van der Waals surface area contributed by atoms with Gasteiger partial charge in [0.05, 0.1) is 5.52 Å². The van der Waals surface area contributed by atoms with Gasteiger partial charge in [0.15, 0.2) is 0 Å². The molecule has 0 bridgehead atoms. The van der Waals surface area contributed by atoms with Crippen molar-refractivity contribution in [3.05, 3.63) is 79.9 Å². The van der Waals surface area contributed by atoms with Crippen LogP contribution in [-0.2, 0) is 13.0 Å². The van der Waals surface area contributed by atoms with E-state index in [0.29, 0.717) is 10.6 Å². The molecular weight excluding hydrogens is 422 g/mol. The summed E-state index contributed by atoms with van der Waals surface area (Å²) in [6.07, 6.45) is 0.959. The summed E-state index contributed by atoms with van der Waals surface area (Å²) in [7, 11) is 0. The molecule has 1 N–H and O–H groups in total. The van der Waals surface area contributed by atoms with E-state index >= 15 is 0 Å². The van der Waals surface area contributed by atoms with Crippen LogP contribution in [0, 0.1) is 0 Å². The molecule has 0 radical (unpaired) electrons. The first kappa shape index (κ1) is 16.7. The Hall–Kier alpha value is -2.44. The molecule has 0 unspecified atom stereocenters. The molecule has 0 fully saturated rings. The van der Waals surface area contributed by atoms with E-state index in [1.807, 2.05) is 29.6 Å². The van der Waals surface area contributed by atoms with Crippen LogP contribution in [0.3, 0.4) is 0 Å². The molecule has 6 heteroatoms. The molecule has 0 aliphatic carbocycles. The minimum atomic E-state index is -0.0674. The van der Waals surface area contributed by atoms with Gasteiger partial charge in [-0.25, -0.2) is 4.98 Å². The average Bonchev–Trinajstić information content (AvgIpc) is 3.13. The number of aromatic nitrogens is 2. The Morgan fingerprint density at radius 1 is 1.07 bits per heavy atom. The van der Waals surface area contributed by atoms with Gasteiger partial charge < -0.3 is 4.90 Å². The smallest absolute Gasteiger partial charge is 0.270 e. The molecule has 0 amide bonds. The summed E-state index contributed by atoms with van der Waals surface area (Å²) in [4.78, 5) is 22.7. The number of fused-ring (bicyclic) bond motifs is 2. The third kappa shape index (κ3) is 2.99. The second kappa shape index (κ2) is 6.62. The fourth-order valence-corrected chi connectivity index (χ4v) is 4.75. The number of nitrogens with zero attached hydrogens (tertiary/aromatic N) is 2. The van der Waals surface area contributed by atoms with Gasteiger partial charge in [-0.3, -0.25) is 9.78 Å². The Labute approximate surface area is 168 Å². The molecule has 5 rings (SSSR count). The zero-order valence-electron chi connectivity index (χ0n) is 14.4. The minimum absolute atomic E-state index is 0.0674. The molecule has 134 valence electrons. The highest BCUT2D eigenvalue weighted by atomic mass is 79.9. The van der Waals surface area contributed by atoms with Gasteiger partial charge in [-0.2, -0.15) is 0 Å². The monoisotopic (exact) mass is 437 g/mol. The van der Waals surface area contributed by atoms with E-state index in [-0.39, 0.29) is 5.56 Å². The van der Waals surface area contributed by atoms with Gasteiger partial charge in [0, 0.05) is 28.5 Å². The van der Waals surface area contributed by atoms with Crippen LogP contribution in [0.2, 0.25) is 0 Å². The third-order valence-electron chi connectivity index (χ3n) is 5.00. The van der Waals surface area contributed by atoms with Crippen molar-refractivity contribution in [3.8, 4) is 11.1 Å². The molecule has 2 aromatic heterocycles. The lowest BCUT2D eigenvalue weighted by Crippen LogP contribution is -2.33. The van der Waals surface area contributed by atoms with Crippen molar-refractivity contribution in [1.82, 2.24) is 9.97 Å². The maximum atomic E-state index is 12.7. The number of hydrogen-bond donors (Lipinski definition) is 1. The van der Waals surface area contributed by atoms with E-state index < -0.39 is 0 Å². The van der Waals surface area contributed by atoms with Crippen molar-refractivity contribution in [1.29, 1.82) is 0 Å². The fourth-order valence-electron chi connectivity index (χ4n) is 3.58. The summed E-state index contributed by atoms with van der Waals surface area (Å²) >= 11 is 4.92. The number of anilines is 1. The van der Waals surface area contributed by atoms with Crippen LogP contribution in [0.1, 0.15) is 11.1 Å². The van der Waals surface area contributed by atoms with Crippen molar-refractivity contribution in [2.24, 2.45) is 0 Å². The first-order chi connectivity index (χ1) is 13.2. The average molecular weight is 438 g/mol. The molecule has 3 heterocycles. The van der Waals surface area contributed by atoms with Crippen molar-refractivity contribution in [2.75, 3.05) is 11.4 Å². The number of hydrogen-bond acceptors (Lipinski definition) is 4. The summed E-state index contributed by atoms with van der Waals surface area (Å²) in [5.74, 6) is 0.652. The van der Waals surface area contributed by atoms with Crippen LogP contribution in [0.4, 0.5) is 5.95 Å². The molecule has 0 saturated heterocycles. The number of H-pyrrole nitrogens is 1. The topological polar surface area (TPSA) is 49.0 Å². The number of halogens is 1. The van der Waals surface area contributed by atoms with Crippen LogP contribution < -0.4 is 10.5 Å². The molecule has 0 atom stereocenters. The summed E-state index contributed by atoms with van der Waals surface area (Å²) in [6.45, 7) is 1.62. The number of aromatic amines is 1. The highest BCUT2D eigenvalue weighted by Crippen LogP contribution is 2.33. The zero-order chi connectivity index (χ0) is 18.4. The molecule has 0 spiro atoms. The van der Waals surface area contributed by atoms with Crippen molar-refractivity contribution in [3.63, 3.8) is 0 Å². The maximum absolute atomic E-state index is 12.7. The molecule has 4 aromatic rings. The molecule has 27 heavy (non-hydrogen) atoms. The largest absolute Gasteiger partial charge is 0.338 e. The van der Waals surface area contributed by atoms with E-state index in [2.05, 4.69) is 50.1 Å². The second-order valence-corrected chi connectivity index (χ2v) is 8.46. The second-order valence-electron chi connectivity index (χ2n) is 6.66. The van der Waals surface area contributed by atoms with Crippen LogP contribution in [0.15, 0.2) is 63.2 Å². The molecular formula is C21H16BrN3OS. The predicted octanol–water partition coefficient (Wildman–Crippen LogP) is 4.98. The Kier molecular flexibility index (Phi) is 4.10. The van der Waals surface area contributed by atoms with Crippen LogP contribution in [0.5, 0.6) is 0 Å². The summed E-state index contributed by atoms with van der Waals surface area (Å²) < 4.78 is 1.71. The normalized spacial score (nSPS) is 13.7. The van der Waals surface area contributed by atoms with Crippen molar-refractivity contribution >= 4 is 43.4 Å². The Bertz CT molecular complexity index is 1200. The van der Waals surface area contributed by atoms with Gasteiger partial charge in [-0.15, -0.1) is 11.3 Å². The fraction of sp³-hybridized carbons (Fsp3) is 0.143. The van der Waals surface area contributed by atoms with Crippen LogP contribution >= 0.6 is 27.3 Å². The predicted molar refractivity (Wildman–Crippen MR) is 115 cm³/mol. The zero-order valence-corrected chi connectivity index (χ0v) is 16.8. The minimum Gasteiger partial charge on any atom is -0.338 e. The van der Waals surface area contributed by atoms with E-state index in [9.17, 15) is 4.79 Å². The maximum Gasteiger partial charge on any atom is 0.270 e. The quantitative estimate of drug-likeness (QED) is 0.481. The first-order valence-electron chi connectivity index (χ1n) is 8.78. The lowest BCUT2D eigenvalue weighted by molar-refractivity contribution is 0.708. The number of thiophene rings is 1. The third-order valence-corrected chi connectivity index (χ3v) is 6.50. The van der Waals surface area contributed by atoms with Gasteiger partial charge in [-0.05, 0) is 35.2 Å². The highest BCUT2D eigenvalue weighted by Gasteiger charge is 2.20. The van der Waals surface area contributed by atoms with Crippen molar-refractivity contribution < 1.29 is 0 Å². The lowest BCUT2D eigenvalue weighted by Gasteiger charge is -2.29. The number of nitrogens with one attached hydrogen (secondary N) is 1. The molecule has 4 nitrogen and oxygen atoms in total. The summed E-state index contributed by atoms with van der Waals surface area (Å²) in [5, 5.41) is 2.02. The first-order valence-corrected chi connectivity index (χ1v) is 10.5. The van der Waals surface area contributed by atoms with Gasteiger partial charge in [-0.1, -0.05) is 52.3 Å². The van der Waals surface area contributed by atoms with Crippen molar-refractivity contribution in [2.45, 2.75) is 13.0 Å². The van der Waals surface area contributed by atoms with Gasteiger partial charge in [0.1, 0.15) is 4.70 Å². The van der Waals surface area contributed by atoms with Gasteiger partial charge in [0.25, 0.3) is 5.56 Å². The highest BCUT2D eigenvalue weighted by molar-refractivity contribution is 9.10. The van der Waals surface area contributed by atoms with Gasteiger partial charge >= 0.3 is 0 Å². The van der Waals surface area contributed by atoms with E-state index in [4.69, 9.17) is 4.98 Å². The molecule has 0 saturated carbocycles. The molecule has 2 aromatic carbocycles. The number of rotatable bonds is 2. The Morgan fingerprint density at radius 3 is 2.67 bits per heavy atom. The summed E-state index contributed by atoms with van der Waals surface area (Å²) in [5.41, 5.74) is 5.46. The summed E-state index contributed by atoms with van der Waals surface area (Å²) in [6, 6.07) is 16.6. The van der Waals surface area contributed by atoms with Crippen LogP contribution in [-0.4, -0.2) is 16.5 Å².